The van der Waals surface area contributed by atoms with E-state index in [0.29, 0.717) is 22.4 Å². The molecule has 0 spiro atoms. The molecule has 0 radical (unpaired) electrons. The Hall–Kier alpha value is -0.330. The van der Waals surface area contributed by atoms with Crippen molar-refractivity contribution in [3.05, 3.63) is 39.6 Å². The third kappa shape index (κ3) is 4.33. The maximum Gasteiger partial charge on any atom is 0.170 e. The molecule has 1 aromatic heterocycles. The van der Waals surface area contributed by atoms with Crippen LogP contribution in [-0.4, -0.2) is 23.1 Å². The van der Waals surface area contributed by atoms with Crippen LogP contribution in [0, 0.1) is 0 Å². The van der Waals surface area contributed by atoms with Gasteiger partial charge in [0, 0.05) is 29.3 Å². The van der Waals surface area contributed by atoms with Gasteiger partial charge in [-0.05, 0) is 29.2 Å². The molecule has 0 bridgehead atoms. The number of benzene rings is 1. The molecule has 0 aliphatic rings. The molecular formula is C12H12Cl2N2OS2. The van der Waals surface area contributed by atoms with Crippen molar-refractivity contribution in [2.24, 2.45) is 0 Å². The van der Waals surface area contributed by atoms with E-state index in [-0.39, 0.29) is 0 Å². The van der Waals surface area contributed by atoms with E-state index < -0.39 is 0 Å². The number of hydrogen-bond donors (Lipinski definition) is 0. The van der Waals surface area contributed by atoms with E-state index in [1.807, 2.05) is 18.2 Å². The molecule has 0 aliphatic heterocycles. The first kappa shape index (κ1) is 15.1. The number of aromatic nitrogens is 2. The highest BCUT2D eigenvalue weighted by Gasteiger charge is 2.09. The zero-order valence-corrected chi connectivity index (χ0v) is 13.4. The second-order valence-corrected chi connectivity index (χ2v) is 6.50. The molecule has 2 aromatic rings. The fraction of sp³-hybridized carbons (Fsp3) is 0.333. The summed E-state index contributed by atoms with van der Waals surface area (Å²) in [4.78, 5) is 4.43. The van der Waals surface area contributed by atoms with E-state index in [0.717, 1.165) is 22.1 Å². The topological polar surface area (TPSA) is 35.0 Å². The molecule has 0 saturated carbocycles. The van der Waals surface area contributed by atoms with Crippen LogP contribution in [0.4, 0.5) is 0 Å². The van der Waals surface area contributed by atoms with Crippen molar-refractivity contribution >= 4 is 46.5 Å². The van der Waals surface area contributed by atoms with Gasteiger partial charge in [-0.25, -0.2) is 4.98 Å². The zero-order valence-electron chi connectivity index (χ0n) is 10.2. The van der Waals surface area contributed by atoms with Crippen molar-refractivity contribution in [1.82, 2.24) is 9.36 Å². The summed E-state index contributed by atoms with van der Waals surface area (Å²) in [5.41, 5.74) is 0.935. The lowest BCUT2D eigenvalue weighted by Crippen LogP contribution is -1.95. The molecule has 7 heteroatoms. The summed E-state index contributed by atoms with van der Waals surface area (Å²) in [5, 5.41) is 1.37. The van der Waals surface area contributed by atoms with Crippen molar-refractivity contribution in [2.75, 3.05) is 13.7 Å². The molecule has 1 heterocycles. The molecule has 0 saturated heterocycles. The summed E-state index contributed by atoms with van der Waals surface area (Å²) in [7, 11) is 1.67. The molecular weight excluding hydrogens is 323 g/mol. The van der Waals surface area contributed by atoms with Gasteiger partial charge in [0.25, 0.3) is 0 Å². The van der Waals surface area contributed by atoms with Gasteiger partial charge in [-0.2, -0.15) is 4.37 Å². The molecule has 0 atom stereocenters. The highest BCUT2D eigenvalue weighted by molar-refractivity contribution is 8.00. The van der Waals surface area contributed by atoms with E-state index >= 15 is 0 Å². The minimum atomic E-state index is 0.636. The van der Waals surface area contributed by atoms with Crippen LogP contribution in [-0.2, 0) is 16.9 Å². The predicted octanol–water partition coefficient (Wildman–Crippen LogP) is 4.33. The van der Waals surface area contributed by atoms with E-state index in [2.05, 4.69) is 9.36 Å². The smallest absolute Gasteiger partial charge is 0.170 e. The molecule has 0 unspecified atom stereocenters. The van der Waals surface area contributed by atoms with Crippen LogP contribution in [0.2, 0.25) is 10.0 Å². The SMILES string of the molecule is COCCc1nsc(SCc2c(Cl)cccc2Cl)n1. The van der Waals surface area contributed by atoms with Crippen LogP contribution in [0.5, 0.6) is 0 Å². The maximum absolute atomic E-state index is 6.12. The van der Waals surface area contributed by atoms with Crippen LogP contribution in [0.1, 0.15) is 11.4 Å². The average Bonchev–Trinajstić information content (AvgIpc) is 2.84. The summed E-state index contributed by atoms with van der Waals surface area (Å²) in [6, 6.07) is 5.52. The average molecular weight is 335 g/mol. The zero-order chi connectivity index (χ0) is 13.7. The van der Waals surface area contributed by atoms with E-state index in [9.17, 15) is 0 Å². The summed E-state index contributed by atoms with van der Waals surface area (Å²) >= 11 is 15.2. The lowest BCUT2D eigenvalue weighted by atomic mass is 10.2. The Morgan fingerprint density at radius 3 is 2.74 bits per heavy atom. The Balaban J connectivity index is 1.97. The first-order valence-corrected chi connectivity index (χ1v) is 8.09. The minimum absolute atomic E-state index is 0.636. The standard InChI is InChI=1S/C12H12Cl2N2OS2/c1-17-6-5-11-15-12(19-16-11)18-7-8-9(13)3-2-4-10(8)14/h2-4H,5-7H2,1H3. The van der Waals surface area contributed by atoms with Gasteiger partial charge >= 0.3 is 0 Å². The second-order valence-electron chi connectivity index (χ2n) is 3.71. The number of halogens is 2. The number of methoxy groups -OCH3 is 1. The van der Waals surface area contributed by atoms with Gasteiger partial charge in [-0.3, -0.25) is 0 Å². The Morgan fingerprint density at radius 2 is 2.05 bits per heavy atom. The molecule has 2 rings (SSSR count). The normalized spacial score (nSPS) is 10.9. The lowest BCUT2D eigenvalue weighted by Gasteiger charge is -2.04. The molecule has 0 fully saturated rings. The Bertz CT molecular complexity index is 528. The monoisotopic (exact) mass is 334 g/mol. The Labute approximate surface area is 130 Å². The highest BCUT2D eigenvalue weighted by Crippen LogP contribution is 2.32. The van der Waals surface area contributed by atoms with E-state index in [4.69, 9.17) is 27.9 Å². The fourth-order valence-corrected chi connectivity index (χ4v) is 3.80. The minimum Gasteiger partial charge on any atom is -0.384 e. The molecule has 0 amide bonds. The summed E-state index contributed by atoms with van der Waals surface area (Å²) in [6.07, 6.45) is 0.737. The van der Waals surface area contributed by atoms with Gasteiger partial charge in [-0.1, -0.05) is 41.0 Å². The van der Waals surface area contributed by atoms with E-state index in [1.54, 1.807) is 18.9 Å². The van der Waals surface area contributed by atoms with E-state index in [1.165, 1.54) is 11.5 Å². The van der Waals surface area contributed by atoms with Crippen LogP contribution in [0.3, 0.4) is 0 Å². The van der Waals surface area contributed by atoms with Crippen molar-refractivity contribution in [3.8, 4) is 0 Å². The molecule has 0 aliphatic carbocycles. The third-order valence-electron chi connectivity index (χ3n) is 2.38. The van der Waals surface area contributed by atoms with Gasteiger partial charge in [0.2, 0.25) is 0 Å². The first-order valence-electron chi connectivity index (χ1n) is 5.58. The Kier molecular flexibility index (Phi) is 5.91. The van der Waals surface area contributed by atoms with Gasteiger partial charge in [0.1, 0.15) is 5.82 Å². The number of thioether (sulfide) groups is 1. The van der Waals surface area contributed by atoms with Crippen LogP contribution in [0.25, 0.3) is 0 Å². The van der Waals surface area contributed by atoms with Crippen molar-refractivity contribution in [2.45, 2.75) is 16.5 Å². The van der Waals surface area contributed by atoms with Gasteiger partial charge < -0.3 is 4.74 Å². The lowest BCUT2D eigenvalue weighted by molar-refractivity contribution is 0.200. The molecule has 3 nitrogen and oxygen atoms in total. The number of nitrogens with zero attached hydrogens (tertiary/aromatic N) is 2. The van der Waals surface area contributed by atoms with Crippen LogP contribution < -0.4 is 0 Å². The highest BCUT2D eigenvalue weighted by atomic mass is 35.5. The summed E-state index contributed by atoms with van der Waals surface area (Å²) in [5.74, 6) is 1.51. The summed E-state index contributed by atoms with van der Waals surface area (Å²) in [6.45, 7) is 0.636. The van der Waals surface area contributed by atoms with Crippen molar-refractivity contribution in [1.29, 1.82) is 0 Å². The maximum atomic E-state index is 6.12. The van der Waals surface area contributed by atoms with Gasteiger partial charge in [0.05, 0.1) is 6.61 Å². The van der Waals surface area contributed by atoms with Gasteiger partial charge in [-0.15, -0.1) is 0 Å². The largest absolute Gasteiger partial charge is 0.384 e. The molecule has 0 N–H and O–H groups in total. The quantitative estimate of drug-likeness (QED) is 0.736. The van der Waals surface area contributed by atoms with Crippen LogP contribution in [0.15, 0.2) is 22.5 Å². The first-order chi connectivity index (χ1) is 9.20. The number of hydrogen-bond acceptors (Lipinski definition) is 5. The van der Waals surface area contributed by atoms with Gasteiger partial charge in [0.15, 0.2) is 4.34 Å². The molecule has 1 aromatic carbocycles. The van der Waals surface area contributed by atoms with Crippen molar-refractivity contribution in [3.63, 3.8) is 0 Å². The van der Waals surface area contributed by atoms with Crippen molar-refractivity contribution < 1.29 is 4.74 Å². The summed E-state index contributed by atoms with van der Waals surface area (Å²) < 4.78 is 10.2. The second kappa shape index (κ2) is 7.45. The molecule has 19 heavy (non-hydrogen) atoms. The third-order valence-corrected chi connectivity index (χ3v) is 4.99. The van der Waals surface area contributed by atoms with Crippen LogP contribution >= 0.6 is 46.5 Å². The number of rotatable bonds is 6. The predicted molar refractivity (Wildman–Crippen MR) is 81.5 cm³/mol. The Morgan fingerprint density at radius 1 is 1.32 bits per heavy atom. The fourth-order valence-electron chi connectivity index (χ4n) is 1.40. The molecule has 102 valence electrons. The number of ether oxygens (including phenoxy) is 1.